The van der Waals surface area contributed by atoms with Gasteiger partial charge in [0.1, 0.15) is 15.9 Å². The van der Waals surface area contributed by atoms with Crippen molar-refractivity contribution in [2.75, 3.05) is 11.9 Å². The second-order valence-corrected chi connectivity index (χ2v) is 6.04. The first kappa shape index (κ1) is 17.1. The van der Waals surface area contributed by atoms with Crippen LogP contribution in [0.5, 0.6) is 5.88 Å². The Labute approximate surface area is 151 Å². The lowest BCUT2D eigenvalue weighted by Crippen LogP contribution is -2.02. The van der Waals surface area contributed by atoms with Crippen molar-refractivity contribution in [2.45, 2.75) is 6.92 Å². The van der Waals surface area contributed by atoms with Crippen LogP contribution in [0.15, 0.2) is 30.6 Å². The highest BCUT2D eigenvalue weighted by molar-refractivity contribution is 7.17. The van der Waals surface area contributed by atoms with E-state index in [0.29, 0.717) is 27.5 Å². The maximum atomic E-state index is 11.8. The molecular weight excluding hydrogens is 366 g/mol. The van der Waals surface area contributed by atoms with Crippen LogP contribution in [0.3, 0.4) is 0 Å². The Bertz CT molecular complexity index is 900. The summed E-state index contributed by atoms with van der Waals surface area (Å²) in [6.45, 7) is 1.90. The van der Waals surface area contributed by atoms with Gasteiger partial charge in [0.2, 0.25) is 11.8 Å². The maximum Gasteiger partial charge on any atom is 0.353 e. The van der Waals surface area contributed by atoms with Crippen LogP contribution in [0.2, 0.25) is 5.15 Å². The van der Waals surface area contributed by atoms with E-state index in [1.807, 2.05) is 0 Å². The molecule has 0 aliphatic rings. The Kier molecular flexibility index (Phi) is 5.05. The number of hydrogen-bond donors (Lipinski definition) is 2. The quantitative estimate of drug-likeness (QED) is 0.515. The summed E-state index contributed by atoms with van der Waals surface area (Å²) in [5.41, 5.74) is 1.12. The van der Waals surface area contributed by atoms with E-state index in [9.17, 15) is 9.90 Å². The number of hydrogen-bond acceptors (Lipinski definition) is 9. The number of anilines is 2. The van der Waals surface area contributed by atoms with Crippen LogP contribution in [-0.2, 0) is 4.74 Å². The number of aromatic hydroxyl groups is 1. The SMILES string of the molecule is CCOC(=O)c1sc(-c2ccnc(Nc3ccc(Cl)nc3)n2)nc1O. The first-order valence-electron chi connectivity index (χ1n) is 7.15. The predicted octanol–water partition coefficient (Wildman–Crippen LogP) is 3.27. The Hall–Kier alpha value is -2.78. The van der Waals surface area contributed by atoms with Crippen molar-refractivity contribution < 1.29 is 14.6 Å². The number of carbonyl (C=O) groups excluding carboxylic acids is 1. The zero-order valence-electron chi connectivity index (χ0n) is 12.9. The molecule has 0 spiro atoms. The average Bonchev–Trinajstić information content (AvgIpc) is 2.99. The number of pyridine rings is 1. The number of carbonyl (C=O) groups is 1. The standard InChI is InChI=1S/C15H12ClN5O3S/c1-2-24-14(23)11-12(22)21-13(25-11)9-5-6-17-15(20-9)19-8-3-4-10(16)18-7-8/h3-7,22H,2H2,1H3,(H,17,19,20). The Morgan fingerprint density at radius 3 is 2.88 bits per heavy atom. The molecule has 0 aliphatic carbocycles. The summed E-state index contributed by atoms with van der Waals surface area (Å²) in [4.78, 5) is 28.2. The molecule has 0 aromatic carbocycles. The lowest BCUT2D eigenvalue weighted by atomic mass is 10.4. The van der Waals surface area contributed by atoms with Crippen LogP contribution in [0, 0.1) is 0 Å². The largest absolute Gasteiger partial charge is 0.492 e. The summed E-state index contributed by atoms with van der Waals surface area (Å²) in [5.74, 6) is -0.689. The summed E-state index contributed by atoms with van der Waals surface area (Å²) >= 11 is 6.74. The molecule has 3 heterocycles. The molecular formula is C15H12ClN5O3S. The minimum atomic E-state index is -0.622. The number of nitrogens with zero attached hydrogens (tertiary/aromatic N) is 4. The highest BCUT2D eigenvalue weighted by Gasteiger charge is 2.20. The summed E-state index contributed by atoms with van der Waals surface area (Å²) in [5, 5.41) is 13.6. The number of rotatable bonds is 5. The van der Waals surface area contributed by atoms with E-state index >= 15 is 0 Å². The summed E-state index contributed by atoms with van der Waals surface area (Å²) in [7, 11) is 0. The van der Waals surface area contributed by atoms with Crippen LogP contribution in [0.25, 0.3) is 10.7 Å². The van der Waals surface area contributed by atoms with E-state index < -0.39 is 5.97 Å². The maximum absolute atomic E-state index is 11.8. The van der Waals surface area contributed by atoms with Gasteiger partial charge in [0.15, 0.2) is 4.88 Å². The fourth-order valence-electron chi connectivity index (χ4n) is 1.87. The topological polar surface area (TPSA) is 110 Å². The summed E-state index contributed by atoms with van der Waals surface area (Å²) in [6.07, 6.45) is 3.09. The molecule has 0 amide bonds. The number of esters is 1. The van der Waals surface area contributed by atoms with Crippen molar-refractivity contribution in [1.29, 1.82) is 0 Å². The monoisotopic (exact) mass is 377 g/mol. The number of aromatic nitrogens is 4. The van der Waals surface area contributed by atoms with Gasteiger partial charge in [-0.05, 0) is 25.1 Å². The molecule has 0 aliphatic heterocycles. The van der Waals surface area contributed by atoms with Gasteiger partial charge < -0.3 is 15.2 Å². The zero-order chi connectivity index (χ0) is 17.8. The fourth-order valence-corrected chi connectivity index (χ4v) is 2.80. The van der Waals surface area contributed by atoms with Gasteiger partial charge >= 0.3 is 5.97 Å². The molecule has 0 bridgehead atoms. The van der Waals surface area contributed by atoms with E-state index in [1.165, 1.54) is 6.20 Å². The van der Waals surface area contributed by atoms with E-state index in [2.05, 4.69) is 25.3 Å². The molecule has 0 saturated carbocycles. The Morgan fingerprint density at radius 1 is 1.32 bits per heavy atom. The first-order valence-corrected chi connectivity index (χ1v) is 8.35. The van der Waals surface area contributed by atoms with E-state index in [0.717, 1.165) is 11.3 Å². The lowest BCUT2D eigenvalue weighted by molar-refractivity contribution is 0.0528. The Balaban J connectivity index is 1.85. The van der Waals surface area contributed by atoms with Crippen LogP contribution >= 0.6 is 22.9 Å². The van der Waals surface area contributed by atoms with Crippen molar-refractivity contribution >= 4 is 40.5 Å². The highest BCUT2D eigenvalue weighted by Crippen LogP contribution is 2.31. The van der Waals surface area contributed by atoms with E-state index in [1.54, 1.807) is 31.3 Å². The fraction of sp³-hybridized carbons (Fsp3) is 0.133. The molecule has 10 heteroatoms. The molecule has 3 aromatic rings. The minimum absolute atomic E-state index is 0.0341. The first-order chi connectivity index (χ1) is 12.1. The van der Waals surface area contributed by atoms with Crippen LogP contribution in [-0.4, -0.2) is 37.6 Å². The van der Waals surface area contributed by atoms with Gasteiger partial charge in [0, 0.05) is 6.20 Å². The minimum Gasteiger partial charge on any atom is -0.492 e. The summed E-state index contributed by atoms with van der Waals surface area (Å²) in [6, 6.07) is 5.00. The number of nitrogens with one attached hydrogen (secondary N) is 1. The van der Waals surface area contributed by atoms with Crippen molar-refractivity contribution in [3.8, 4) is 16.6 Å². The van der Waals surface area contributed by atoms with Crippen molar-refractivity contribution in [3.63, 3.8) is 0 Å². The predicted molar refractivity (Wildman–Crippen MR) is 93.3 cm³/mol. The number of ether oxygens (including phenoxy) is 1. The van der Waals surface area contributed by atoms with Gasteiger partial charge in [-0.1, -0.05) is 11.6 Å². The third kappa shape index (κ3) is 4.01. The van der Waals surface area contributed by atoms with Gasteiger partial charge in [-0.3, -0.25) is 0 Å². The molecule has 2 N–H and O–H groups in total. The van der Waals surface area contributed by atoms with Gasteiger partial charge in [-0.25, -0.2) is 19.7 Å². The van der Waals surface area contributed by atoms with Crippen LogP contribution in [0.4, 0.5) is 11.6 Å². The second-order valence-electron chi connectivity index (χ2n) is 4.65. The van der Waals surface area contributed by atoms with Crippen molar-refractivity contribution in [3.05, 3.63) is 40.6 Å². The third-order valence-electron chi connectivity index (χ3n) is 2.93. The normalized spacial score (nSPS) is 10.5. The molecule has 25 heavy (non-hydrogen) atoms. The Morgan fingerprint density at radius 2 is 2.16 bits per heavy atom. The zero-order valence-corrected chi connectivity index (χ0v) is 14.5. The van der Waals surface area contributed by atoms with Crippen molar-refractivity contribution in [1.82, 2.24) is 19.9 Å². The van der Waals surface area contributed by atoms with Crippen LogP contribution in [0.1, 0.15) is 16.6 Å². The molecule has 0 atom stereocenters. The molecule has 8 nitrogen and oxygen atoms in total. The summed E-state index contributed by atoms with van der Waals surface area (Å²) < 4.78 is 4.88. The molecule has 0 saturated heterocycles. The molecule has 0 radical (unpaired) electrons. The molecule has 3 aromatic heterocycles. The van der Waals surface area contributed by atoms with Crippen LogP contribution < -0.4 is 5.32 Å². The molecule has 3 rings (SSSR count). The molecule has 128 valence electrons. The van der Waals surface area contributed by atoms with E-state index in [-0.39, 0.29) is 17.4 Å². The van der Waals surface area contributed by atoms with Gasteiger partial charge in [-0.15, -0.1) is 11.3 Å². The van der Waals surface area contributed by atoms with Gasteiger partial charge in [0.25, 0.3) is 0 Å². The second kappa shape index (κ2) is 7.41. The number of halogens is 1. The third-order valence-corrected chi connectivity index (χ3v) is 4.20. The smallest absolute Gasteiger partial charge is 0.353 e. The van der Waals surface area contributed by atoms with Gasteiger partial charge in [-0.2, -0.15) is 4.98 Å². The van der Waals surface area contributed by atoms with E-state index in [4.69, 9.17) is 16.3 Å². The van der Waals surface area contributed by atoms with Crippen molar-refractivity contribution in [2.24, 2.45) is 0 Å². The molecule has 0 unspecified atom stereocenters. The average molecular weight is 378 g/mol. The van der Waals surface area contributed by atoms with Gasteiger partial charge in [0.05, 0.1) is 18.5 Å². The molecule has 0 fully saturated rings. The number of thiazole rings is 1. The lowest BCUT2D eigenvalue weighted by Gasteiger charge is -2.04. The highest BCUT2D eigenvalue weighted by atomic mass is 35.5.